The lowest BCUT2D eigenvalue weighted by atomic mass is 10.0. The predicted molar refractivity (Wildman–Crippen MR) is 89.2 cm³/mol. The monoisotopic (exact) mass is 311 g/mol. The number of hydrogen-bond acceptors (Lipinski definition) is 3. The summed E-state index contributed by atoms with van der Waals surface area (Å²) < 4.78 is 5.63. The summed E-state index contributed by atoms with van der Waals surface area (Å²) in [5.41, 5.74) is 6.84. The Morgan fingerprint density at radius 2 is 1.61 bits per heavy atom. The number of esters is 1. The number of amides is 1. The molecule has 0 spiro atoms. The van der Waals surface area contributed by atoms with Crippen LogP contribution in [0.15, 0.2) is 54.6 Å². The van der Waals surface area contributed by atoms with Crippen LogP contribution in [-0.4, -0.2) is 18.0 Å². The topological polar surface area (TPSA) is 69.4 Å². The largest absolute Gasteiger partial charge is 0.458 e. The molecule has 0 bridgehead atoms. The lowest BCUT2D eigenvalue weighted by molar-refractivity contribution is 0.0279. The highest BCUT2D eigenvalue weighted by atomic mass is 16.5. The molecule has 0 heterocycles. The van der Waals surface area contributed by atoms with E-state index in [1.165, 1.54) is 6.07 Å². The van der Waals surface area contributed by atoms with E-state index in [2.05, 4.69) is 0 Å². The number of primary amides is 1. The second kappa shape index (κ2) is 8.13. The summed E-state index contributed by atoms with van der Waals surface area (Å²) in [6.45, 7) is 2.04. The first-order valence-corrected chi connectivity index (χ1v) is 7.75. The van der Waals surface area contributed by atoms with Crippen molar-refractivity contribution in [1.82, 2.24) is 0 Å². The molecule has 120 valence electrons. The molecular formula is C19H21NO3. The Labute approximate surface area is 136 Å². The van der Waals surface area contributed by atoms with Gasteiger partial charge in [-0.25, -0.2) is 4.79 Å². The van der Waals surface area contributed by atoms with Gasteiger partial charge in [0.05, 0.1) is 11.1 Å². The summed E-state index contributed by atoms with van der Waals surface area (Å²) in [5.74, 6) is -1.14. The first kappa shape index (κ1) is 16.7. The normalized spacial score (nSPS) is 11.7. The molecule has 2 N–H and O–H groups in total. The molecule has 1 atom stereocenters. The number of ether oxygens (including phenoxy) is 1. The Morgan fingerprint density at radius 3 is 2.22 bits per heavy atom. The average Bonchev–Trinajstić information content (AvgIpc) is 2.56. The van der Waals surface area contributed by atoms with E-state index in [-0.39, 0.29) is 17.2 Å². The van der Waals surface area contributed by atoms with E-state index < -0.39 is 11.9 Å². The molecule has 1 amide bonds. The minimum Gasteiger partial charge on any atom is -0.458 e. The third-order valence-electron chi connectivity index (χ3n) is 3.60. The summed E-state index contributed by atoms with van der Waals surface area (Å²) in [6.07, 6.45) is 2.09. The van der Waals surface area contributed by atoms with E-state index in [1.54, 1.807) is 18.2 Å². The first-order chi connectivity index (χ1) is 11.1. The second-order valence-electron chi connectivity index (χ2n) is 5.42. The summed E-state index contributed by atoms with van der Waals surface area (Å²) in [7, 11) is 0. The average molecular weight is 311 g/mol. The highest BCUT2D eigenvalue weighted by Gasteiger charge is 2.20. The Morgan fingerprint density at radius 1 is 1.00 bits per heavy atom. The van der Waals surface area contributed by atoms with Crippen LogP contribution in [0.2, 0.25) is 0 Å². The summed E-state index contributed by atoms with van der Waals surface area (Å²) in [6, 6.07) is 16.3. The van der Waals surface area contributed by atoms with Crippen molar-refractivity contribution in [3.8, 4) is 0 Å². The van der Waals surface area contributed by atoms with Crippen LogP contribution in [0.25, 0.3) is 0 Å². The van der Waals surface area contributed by atoms with Gasteiger partial charge in [-0.3, -0.25) is 4.79 Å². The highest BCUT2D eigenvalue weighted by molar-refractivity contribution is 6.04. The van der Waals surface area contributed by atoms with Crippen molar-refractivity contribution in [2.24, 2.45) is 5.73 Å². The van der Waals surface area contributed by atoms with Gasteiger partial charge in [-0.1, -0.05) is 55.8 Å². The fourth-order valence-electron chi connectivity index (χ4n) is 2.49. The lowest BCUT2D eigenvalue weighted by Crippen LogP contribution is -2.23. The van der Waals surface area contributed by atoms with Crippen LogP contribution in [0.1, 0.15) is 46.0 Å². The van der Waals surface area contributed by atoms with E-state index in [0.29, 0.717) is 6.42 Å². The van der Waals surface area contributed by atoms with Crippen LogP contribution in [0, 0.1) is 0 Å². The van der Waals surface area contributed by atoms with Gasteiger partial charge in [-0.05, 0) is 24.1 Å². The molecule has 0 fully saturated rings. The maximum atomic E-state index is 12.4. The minimum atomic E-state index is -0.632. The van der Waals surface area contributed by atoms with Gasteiger partial charge >= 0.3 is 5.97 Å². The van der Waals surface area contributed by atoms with E-state index in [4.69, 9.17) is 10.5 Å². The van der Waals surface area contributed by atoms with E-state index in [0.717, 1.165) is 18.4 Å². The van der Waals surface area contributed by atoms with Crippen molar-refractivity contribution in [3.63, 3.8) is 0 Å². The Bertz CT molecular complexity index is 667. The zero-order chi connectivity index (χ0) is 16.7. The zero-order valence-corrected chi connectivity index (χ0v) is 13.2. The smallest absolute Gasteiger partial charge is 0.339 e. The Hall–Kier alpha value is -2.62. The van der Waals surface area contributed by atoms with Gasteiger partial charge in [0.1, 0.15) is 6.10 Å². The first-order valence-electron chi connectivity index (χ1n) is 7.75. The Balaban J connectivity index is 2.13. The molecule has 0 radical (unpaired) electrons. The van der Waals surface area contributed by atoms with Crippen LogP contribution < -0.4 is 5.73 Å². The zero-order valence-electron chi connectivity index (χ0n) is 13.2. The van der Waals surface area contributed by atoms with E-state index in [9.17, 15) is 9.59 Å². The maximum Gasteiger partial charge on any atom is 0.339 e. The SMILES string of the molecule is CCCC(Cc1ccccc1)OC(=O)c1ccccc1C(N)=O. The van der Waals surface area contributed by atoms with Crippen LogP contribution in [-0.2, 0) is 11.2 Å². The van der Waals surface area contributed by atoms with Crippen LogP contribution in [0.5, 0.6) is 0 Å². The summed E-state index contributed by atoms with van der Waals surface area (Å²) in [5, 5.41) is 0. The molecule has 0 saturated heterocycles. The summed E-state index contributed by atoms with van der Waals surface area (Å²) in [4.78, 5) is 23.9. The summed E-state index contributed by atoms with van der Waals surface area (Å²) >= 11 is 0. The van der Waals surface area contributed by atoms with Crippen molar-refractivity contribution in [2.45, 2.75) is 32.3 Å². The molecule has 0 aliphatic heterocycles. The maximum absolute atomic E-state index is 12.4. The third kappa shape index (κ3) is 4.68. The number of rotatable bonds is 7. The van der Waals surface area contributed by atoms with Gasteiger partial charge in [0, 0.05) is 6.42 Å². The van der Waals surface area contributed by atoms with Crippen molar-refractivity contribution in [1.29, 1.82) is 0 Å². The van der Waals surface area contributed by atoms with Crippen molar-refractivity contribution >= 4 is 11.9 Å². The standard InChI is InChI=1S/C19H21NO3/c1-2-8-15(13-14-9-4-3-5-10-14)23-19(22)17-12-7-6-11-16(17)18(20)21/h3-7,9-12,15H,2,8,13H2,1H3,(H2,20,21). The van der Waals surface area contributed by atoms with Gasteiger partial charge < -0.3 is 10.5 Å². The molecule has 4 nitrogen and oxygen atoms in total. The number of benzene rings is 2. The van der Waals surface area contributed by atoms with E-state index >= 15 is 0 Å². The molecule has 4 heteroatoms. The van der Waals surface area contributed by atoms with Crippen molar-refractivity contribution in [2.75, 3.05) is 0 Å². The molecule has 2 aromatic rings. The lowest BCUT2D eigenvalue weighted by Gasteiger charge is -2.18. The van der Waals surface area contributed by atoms with Crippen molar-refractivity contribution in [3.05, 3.63) is 71.3 Å². The molecule has 0 saturated carbocycles. The predicted octanol–water partition coefficient (Wildman–Crippen LogP) is 3.35. The van der Waals surface area contributed by atoms with Gasteiger partial charge in [0.15, 0.2) is 0 Å². The number of nitrogens with two attached hydrogens (primary N) is 1. The highest BCUT2D eigenvalue weighted by Crippen LogP contribution is 2.16. The minimum absolute atomic E-state index is 0.187. The molecular weight excluding hydrogens is 290 g/mol. The number of hydrogen-bond donors (Lipinski definition) is 1. The van der Waals surface area contributed by atoms with Crippen molar-refractivity contribution < 1.29 is 14.3 Å². The van der Waals surface area contributed by atoms with Gasteiger partial charge in [0.2, 0.25) is 5.91 Å². The fraction of sp³-hybridized carbons (Fsp3) is 0.263. The van der Waals surface area contributed by atoms with E-state index in [1.807, 2.05) is 37.3 Å². The quantitative estimate of drug-likeness (QED) is 0.797. The fourth-order valence-corrected chi connectivity index (χ4v) is 2.49. The Kier molecular flexibility index (Phi) is 5.92. The molecule has 0 aliphatic carbocycles. The molecule has 0 aliphatic rings. The third-order valence-corrected chi connectivity index (χ3v) is 3.60. The number of carbonyl (C=O) groups is 2. The molecule has 23 heavy (non-hydrogen) atoms. The van der Waals surface area contributed by atoms with Gasteiger partial charge in [0.25, 0.3) is 0 Å². The van der Waals surface area contributed by atoms with Crippen LogP contribution in [0.3, 0.4) is 0 Å². The molecule has 2 aromatic carbocycles. The second-order valence-corrected chi connectivity index (χ2v) is 5.42. The van der Waals surface area contributed by atoms with Crippen LogP contribution in [0.4, 0.5) is 0 Å². The van der Waals surface area contributed by atoms with Gasteiger partial charge in [-0.2, -0.15) is 0 Å². The van der Waals surface area contributed by atoms with Crippen LogP contribution >= 0.6 is 0 Å². The van der Waals surface area contributed by atoms with Gasteiger partial charge in [-0.15, -0.1) is 0 Å². The molecule has 1 unspecified atom stereocenters. The molecule has 0 aromatic heterocycles. The molecule has 2 rings (SSSR count). The number of carbonyl (C=O) groups excluding carboxylic acids is 2.